The second kappa shape index (κ2) is 7.13. The van der Waals surface area contributed by atoms with E-state index in [1.54, 1.807) is 17.8 Å². The van der Waals surface area contributed by atoms with Gasteiger partial charge >= 0.3 is 0 Å². The Morgan fingerprint density at radius 1 is 1.38 bits per heavy atom. The molecule has 1 atom stereocenters. The van der Waals surface area contributed by atoms with Gasteiger partial charge in [0.2, 0.25) is 10.0 Å². The smallest absolute Gasteiger partial charge is 0.241 e. The highest BCUT2D eigenvalue weighted by molar-refractivity contribution is 7.99. The molecule has 118 valence electrons. The van der Waals surface area contributed by atoms with E-state index in [9.17, 15) is 8.42 Å². The van der Waals surface area contributed by atoms with E-state index < -0.39 is 10.0 Å². The van der Waals surface area contributed by atoms with Gasteiger partial charge in [-0.25, -0.2) is 13.1 Å². The Labute approximate surface area is 132 Å². The molecule has 1 aromatic rings. The summed E-state index contributed by atoms with van der Waals surface area (Å²) in [6, 6.07) is 5.94. The Bertz CT molecular complexity index is 579. The van der Waals surface area contributed by atoms with Crippen LogP contribution >= 0.6 is 11.8 Å². The third-order valence-electron chi connectivity index (χ3n) is 3.64. The molecule has 0 aliphatic carbocycles. The van der Waals surface area contributed by atoms with Crippen molar-refractivity contribution in [1.29, 1.82) is 0 Å². The molecule has 1 aromatic carbocycles. The Balaban J connectivity index is 2.20. The van der Waals surface area contributed by atoms with E-state index in [0.717, 1.165) is 29.1 Å². The number of benzene rings is 1. The number of rotatable bonds is 6. The summed E-state index contributed by atoms with van der Waals surface area (Å²) in [5.41, 5.74) is 1.87. The maximum atomic E-state index is 12.6. The molecular weight excluding hydrogens is 304 g/mol. The van der Waals surface area contributed by atoms with Gasteiger partial charge in [-0.3, -0.25) is 0 Å². The molecule has 1 heterocycles. The Morgan fingerprint density at radius 2 is 2.14 bits per heavy atom. The largest absolute Gasteiger partial charge is 0.310 e. The van der Waals surface area contributed by atoms with Gasteiger partial charge in [0.05, 0.1) is 4.90 Å². The van der Waals surface area contributed by atoms with Gasteiger partial charge in [0, 0.05) is 24.4 Å². The molecule has 2 rings (SSSR count). The third-order valence-corrected chi connectivity index (χ3v) is 6.47. The molecule has 6 heteroatoms. The van der Waals surface area contributed by atoms with Crippen LogP contribution in [0.4, 0.5) is 0 Å². The minimum Gasteiger partial charge on any atom is -0.310 e. The second-order valence-electron chi connectivity index (χ2n) is 5.76. The van der Waals surface area contributed by atoms with Crippen LogP contribution in [-0.4, -0.2) is 32.0 Å². The summed E-state index contributed by atoms with van der Waals surface area (Å²) in [7, 11) is -3.43. The molecule has 0 saturated carbocycles. The third kappa shape index (κ3) is 4.45. The highest BCUT2D eigenvalue weighted by Gasteiger charge is 2.24. The molecule has 0 bridgehead atoms. The van der Waals surface area contributed by atoms with Gasteiger partial charge in [-0.2, -0.15) is 11.8 Å². The van der Waals surface area contributed by atoms with E-state index in [1.807, 2.05) is 19.1 Å². The normalized spacial score (nSPS) is 19.3. The van der Waals surface area contributed by atoms with Crippen LogP contribution in [-0.2, 0) is 16.6 Å². The van der Waals surface area contributed by atoms with E-state index >= 15 is 0 Å². The Kier molecular flexibility index (Phi) is 5.71. The molecule has 4 nitrogen and oxygen atoms in total. The minimum atomic E-state index is -3.43. The van der Waals surface area contributed by atoms with Crippen molar-refractivity contribution in [2.45, 2.75) is 50.7 Å². The van der Waals surface area contributed by atoms with E-state index in [4.69, 9.17) is 0 Å². The van der Waals surface area contributed by atoms with Crippen molar-refractivity contribution in [3.05, 3.63) is 29.3 Å². The topological polar surface area (TPSA) is 58.2 Å². The predicted molar refractivity (Wildman–Crippen MR) is 89.2 cm³/mol. The highest BCUT2D eigenvalue weighted by atomic mass is 32.2. The van der Waals surface area contributed by atoms with Gasteiger partial charge in [-0.05, 0) is 36.3 Å². The lowest BCUT2D eigenvalue weighted by atomic mass is 10.1. The van der Waals surface area contributed by atoms with Crippen LogP contribution in [0.15, 0.2) is 23.1 Å². The Hall–Kier alpha value is -0.560. The first-order valence-electron chi connectivity index (χ1n) is 7.32. The molecule has 0 amide bonds. The zero-order chi connectivity index (χ0) is 15.5. The average molecular weight is 329 g/mol. The Morgan fingerprint density at radius 3 is 2.76 bits per heavy atom. The average Bonchev–Trinajstić information content (AvgIpc) is 2.89. The summed E-state index contributed by atoms with van der Waals surface area (Å²) in [5, 5.41) is 3.34. The van der Waals surface area contributed by atoms with E-state index in [-0.39, 0.29) is 6.04 Å². The molecule has 1 aliphatic rings. The van der Waals surface area contributed by atoms with Gasteiger partial charge in [-0.15, -0.1) is 0 Å². The van der Waals surface area contributed by atoms with Crippen molar-refractivity contribution < 1.29 is 8.42 Å². The van der Waals surface area contributed by atoms with Crippen LogP contribution in [0.25, 0.3) is 0 Å². The van der Waals surface area contributed by atoms with Crippen LogP contribution in [0.1, 0.15) is 31.4 Å². The lowest BCUT2D eigenvalue weighted by molar-refractivity contribution is 0.561. The minimum absolute atomic E-state index is 0.0665. The summed E-state index contributed by atoms with van der Waals surface area (Å²) in [4.78, 5) is 0.405. The fourth-order valence-corrected chi connectivity index (χ4v) is 5.18. The van der Waals surface area contributed by atoms with Crippen LogP contribution < -0.4 is 10.0 Å². The van der Waals surface area contributed by atoms with Crippen LogP contribution in [0.3, 0.4) is 0 Å². The SMILES string of the molecule is Cc1c(CNC(C)C)cccc1S(=O)(=O)NC1CCSC1. The molecule has 1 fully saturated rings. The number of thioether (sulfide) groups is 1. The van der Waals surface area contributed by atoms with Crippen molar-refractivity contribution >= 4 is 21.8 Å². The maximum Gasteiger partial charge on any atom is 0.241 e. The summed E-state index contributed by atoms with van der Waals surface area (Å²) >= 11 is 1.80. The fraction of sp³-hybridized carbons (Fsp3) is 0.600. The zero-order valence-corrected chi connectivity index (χ0v) is 14.5. The van der Waals surface area contributed by atoms with Crippen LogP contribution in [0, 0.1) is 6.92 Å². The van der Waals surface area contributed by atoms with Crippen LogP contribution in [0.2, 0.25) is 0 Å². The first-order chi connectivity index (χ1) is 9.90. The van der Waals surface area contributed by atoms with Crippen molar-refractivity contribution in [2.24, 2.45) is 0 Å². The second-order valence-corrected chi connectivity index (χ2v) is 8.59. The number of hydrogen-bond donors (Lipinski definition) is 2. The quantitative estimate of drug-likeness (QED) is 0.841. The first kappa shape index (κ1) is 16.8. The lowest BCUT2D eigenvalue weighted by Crippen LogP contribution is -2.35. The van der Waals surface area contributed by atoms with Gasteiger partial charge in [0.25, 0.3) is 0 Å². The molecule has 0 radical (unpaired) electrons. The highest BCUT2D eigenvalue weighted by Crippen LogP contribution is 2.22. The molecule has 1 saturated heterocycles. The maximum absolute atomic E-state index is 12.6. The molecule has 2 N–H and O–H groups in total. The van der Waals surface area contributed by atoms with Gasteiger partial charge in [0.15, 0.2) is 0 Å². The summed E-state index contributed by atoms with van der Waals surface area (Å²) < 4.78 is 28.0. The van der Waals surface area contributed by atoms with Gasteiger partial charge in [-0.1, -0.05) is 26.0 Å². The summed E-state index contributed by atoms with van der Waals surface area (Å²) in [6.07, 6.45) is 0.914. The van der Waals surface area contributed by atoms with Crippen molar-refractivity contribution in [3.63, 3.8) is 0 Å². The van der Waals surface area contributed by atoms with E-state index in [1.165, 1.54) is 0 Å². The lowest BCUT2D eigenvalue weighted by Gasteiger charge is -2.16. The van der Waals surface area contributed by atoms with E-state index in [2.05, 4.69) is 23.9 Å². The molecule has 0 spiro atoms. The molecular formula is C15H24N2O2S2. The fourth-order valence-electron chi connectivity index (χ4n) is 2.37. The zero-order valence-electron chi connectivity index (χ0n) is 12.8. The molecule has 0 aromatic heterocycles. The number of nitrogens with one attached hydrogen (secondary N) is 2. The standard InChI is InChI=1S/C15H24N2O2S2/c1-11(2)16-9-13-5-4-6-15(12(13)3)21(18,19)17-14-7-8-20-10-14/h4-6,11,14,16-17H,7-10H2,1-3H3. The van der Waals surface area contributed by atoms with Crippen molar-refractivity contribution in [3.8, 4) is 0 Å². The number of sulfonamides is 1. The van der Waals surface area contributed by atoms with Crippen molar-refractivity contribution in [2.75, 3.05) is 11.5 Å². The number of hydrogen-bond acceptors (Lipinski definition) is 4. The van der Waals surface area contributed by atoms with Crippen molar-refractivity contribution in [1.82, 2.24) is 10.0 Å². The monoisotopic (exact) mass is 328 g/mol. The molecule has 21 heavy (non-hydrogen) atoms. The summed E-state index contributed by atoms with van der Waals surface area (Å²) in [6.45, 7) is 6.73. The van der Waals surface area contributed by atoms with E-state index in [0.29, 0.717) is 17.5 Å². The molecule has 1 unspecified atom stereocenters. The summed E-state index contributed by atoms with van der Waals surface area (Å²) in [5.74, 6) is 1.90. The van der Waals surface area contributed by atoms with Gasteiger partial charge in [0.1, 0.15) is 0 Å². The predicted octanol–water partition coefficient (Wildman–Crippen LogP) is 2.28. The molecule has 1 aliphatic heterocycles. The van der Waals surface area contributed by atoms with Crippen LogP contribution in [0.5, 0.6) is 0 Å². The first-order valence-corrected chi connectivity index (χ1v) is 9.96. The van der Waals surface area contributed by atoms with Gasteiger partial charge < -0.3 is 5.32 Å².